The predicted octanol–water partition coefficient (Wildman–Crippen LogP) is 1.39. The van der Waals surface area contributed by atoms with E-state index >= 15 is 0 Å². The third kappa shape index (κ3) is 4.38. The van der Waals surface area contributed by atoms with E-state index in [9.17, 15) is 19.2 Å². The van der Waals surface area contributed by atoms with Gasteiger partial charge in [0.05, 0.1) is 20.0 Å². The Morgan fingerprint density at radius 1 is 1.15 bits per heavy atom. The minimum Gasteiger partial charge on any atom is -0.489 e. The number of carbonyl (C=O) groups is 4. The molecule has 34 heavy (non-hydrogen) atoms. The molecular formula is C25H25N3O6. The van der Waals surface area contributed by atoms with Gasteiger partial charge in [-0.2, -0.15) is 0 Å². The van der Waals surface area contributed by atoms with Crippen molar-refractivity contribution in [2.75, 3.05) is 19.8 Å². The summed E-state index contributed by atoms with van der Waals surface area (Å²) in [6.45, 7) is -4.82. The minimum atomic E-state index is -2.54. The first-order chi connectivity index (χ1) is 18.4. The number of amides is 4. The Labute approximate surface area is 203 Å². The Morgan fingerprint density at radius 2 is 2.00 bits per heavy atom. The summed E-state index contributed by atoms with van der Waals surface area (Å²) in [6.07, 6.45) is 0.280. The van der Waals surface area contributed by atoms with Crippen LogP contribution < -0.4 is 10.1 Å². The molecule has 2 saturated heterocycles. The van der Waals surface area contributed by atoms with Crippen LogP contribution in [-0.2, 0) is 38.7 Å². The number of ether oxygens (including phenoxy) is 2. The lowest BCUT2D eigenvalue weighted by molar-refractivity contribution is -0.143. The molecule has 2 fully saturated rings. The second-order valence-corrected chi connectivity index (χ2v) is 8.09. The van der Waals surface area contributed by atoms with Crippen molar-refractivity contribution < 1.29 is 35.5 Å². The van der Waals surface area contributed by atoms with Crippen molar-refractivity contribution in [3.8, 4) is 5.75 Å². The number of nitrogens with zero attached hydrogens (tertiary/aromatic N) is 2. The Kier molecular flexibility index (Phi) is 4.58. The number of hydrogen-bond acceptors (Lipinski definition) is 6. The number of piperidine rings is 1. The van der Waals surface area contributed by atoms with Gasteiger partial charge in [-0.25, -0.2) is 0 Å². The highest BCUT2D eigenvalue weighted by molar-refractivity contribution is 6.05. The molecule has 0 radical (unpaired) electrons. The van der Waals surface area contributed by atoms with Crippen molar-refractivity contribution in [2.45, 2.75) is 38.5 Å². The van der Waals surface area contributed by atoms with E-state index in [1.165, 1.54) is 29.2 Å². The second-order valence-electron chi connectivity index (χ2n) is 8.09. The molecule has 176 valence electrons. The zero-order chi connectivity index (χ0) is 28.1. The quantitative estimate of drug-likeness (QED) is 0.643. The summed E-state index contributed by atoms with van der Waals surface area (Å²) in [5.41, 5.74) is 0.451. The highest BCUT2D eigenvalue weighted by atomic mass is 16.5. The first-order valence-electron chi connectivity index (χ1n) is 13.4. The first kappa shape index (κ1) is 16.8. The van der Waals surface area contributed by atoms with Crippen LogP contribution in [0.3, 0.4) is 0 Å². The molecule has 3 aliphatic rings. The van der Waals surface area contributed by atoms with Gasteiger partial charge in [-0.3, -0.25) is 24.5 Å². The average Bonchev–Trinajstić information content (AvgIpc) is 3.21. The molecule has 0 aromatic heterocycles. The van der Waals surface area contributed by atoms with Crippen LogP contribution in [0.15, 0.2) is 42.4 Å². The molecule has 1 N–H and O–H groups in total. The van der Waals surface area contributed by atoms with Gasteiger partial charge < -0.3 is 19.3 Å². The largest absolute Gasteiger partial charge is 0.489 e. The molecule has 5 rings (SSSR count). The van der Waals surface area contributed by atoms with Gasteiger partial charge in [-0.15, -0.1) is 0 Å². The van der Waals surface area contributed by atoms with Crippen molar-refractivity contribution in [3.63, 3.8) is 0 Å². The zero-order valence-electron chi connectivity index (χ0n) is 23.1. The maximum atomic E-state index is 13.1. The number of hydrogen-bond donors (Lipinski definition) is 1. The monoisotopic (exact) mass is 468 g/mol. The first-order valence-corrected chi connectivity index (χ1v) is 10.9. The van der Waals surface area contributed by atoms with Crippen LogP contribution in [0.25, 0.3) is 0 Å². The second kappa shape index (κ2) is 9.26. The van der Waals surface area contributed by atoms with Crippen LogP contribution in [0, 0.1) is 0 Å². The summed E-state index contributed by atoms with van der Waals surface area (Å²) < 4.78 is 53.2. The van der Waals surface area contributed by atoms with Crippen molar-refractivity contribution in [3.05, 3.63) is 64.7 Å². The van der Waals surface area contributed by atoms with E-state index in [0.29, 0.717) is 5.56 Å². The molecule has 2 aromatic rings. The predicted molar refractivity (Wildman–Crippen MR) is 119 cm³/mol. The molecule has 2 aromatic carbocycles. The molecule has 1 atom stereocenters. The molecule has 9 heteroatoms. The lowest BCUT2D eigenvalue weighted by atomic mass is 10.0. The molecule has 4 amide bonds. The molecule has 0 spiro atoms. The topological polar surface area (TPSA) is 105 Å². The van der Waals surface area contributed by atoms with E-state index in [1.54, 1.807) is 6.07 Å². The lowest BCUT2D eigenvalue weighted by Crippen LogP contribution is -2.52. The molecule has 1 unspecified atom stereocenters. The maximum Gasteiger partial charge on any atom is 0.255 e. The summed E-state index contributed by atoms with van der Waals surface area (Å²) in [7, 11) is 0. The van der Waals surface area contributed by atoms with E-state index in [2.05, 4.69) is 5.32 Å². The standard InChI is InChI=1S/C25H25N3O6/c29-22-9-8-20(24(31)26-22)28-13-19-18(25(28)32)2-1-3-21(19)34-14-17-6-4-16(5-7-17)12-27-10-11-33-15-23(27)30/h1-7,20H,8-15H2,(H,26,29,31)/i6D,12D2,14D2. The lowest BCUT2D eigenvalue weighted by Gasteiger charge is -2.29. The molecule has 0 bridgehead atoms. The fraction of sp³-hybridized carbons (Fsp3) is 0.360. The highest BCUT2D eigenvalue weighted by Gasteiger charge is 2.40. The van der Waals surface area contributed by atoms with E-state index in [4.69, 9.17) is 16.3 Å². The van der Waals surface area contributed by atoms with Gasteiger partial charge in [0.15, 0.2) is 0 Å². The fourth-order valence-electron chi connectivity index (χ4n) is 4.11. The van der Waals surface area contributed by atoms with E-state index in [0.717, 1.165) is 11.0 Å². The van der Waals surface area contributed by atoms with Crippen LogP contribution in [0.5, 0.6) is 5.75 Å². The smallest absolute Gasteiger partial charge is 0.255 e. The van der Waals surface area contributed by atoms with Crippen LogP contribution in [0.2, 0.25) is 0 Å². The van der Waals surface area contributed by atoms with Gasteiger partial charge in [-0.1, -0.05) is 30.3 Å². The van der Waals surface area contributed by atoms with Gasteiger partial charge in [0.25, 0.3) is 5.91 Å². The number of rotatable bonds is 6. The summed E-state index contributed by atoms with van der Waals surface area (Å²) in [6, 6.07) is 7.08. The van der Waals surface area contributed by atoms with Gasteiger partial charge in [0, 0.05) is 30.6 Å². The average molecular weight is 469 g/mol. The van der Waals surface area contributed by atoms with Gasteiger partial charge in [-0.05, 0) is 29.7 Å². The van der Waals surface area contributed by atoms with Crippen LogP contribution in [0.4, 0.5) is 0 Å². The van der Waals surface area contributed by atoms with Crippen molar-refractivity contribution in [1.82, 2.24) is 15.1 Å². The Morgan fingerprint density at radius 3 is 2.79 bits per heavy atom. The van der Waals surface area contributed by atoms with Crippen LogP contribution >= 0.6 is 0 Å². The van der Waals surface area contributed by atoms with E-state index in [-0.39, 0.29) is 67.6 Å². The van der Waals surface area contributed by atoms with E-state index < -0.39 is 42.7 Å². The fourth-order valence-corrected chi connectivity index (χ4v) is 4.11. The van der Waals surface area contributed by atoms with Crippen LogP contribution in [0.1, 0.15) is 46.7 Å². The summed E-state index contributed by atoms with van der Waals surface area (Å²) >= 11 is 0. The number of morpholine rings is 1. The Balaban J connectivity index is 1.39. The van der Waals surface area contributed by atoms with Crippen molar-refractivity contribution >= 4 is 23.6 Å². The summed E-state index contributed by atoms with van der Waals surface area (Å²) in [4.78, 5) is 51.5. The number of fused-ring (bicyclic) bond motifs is 1. The minimum absolute atomic E-state index is 0.00776. The maximum absolute atomic E-state index is 13.1. The van der Waals surface area contributed by atoms with Crippen LogP contribution in [-0.4, -0.2) is 59.2 Å². The number of carbonyl (C=O) groups excluding carboxylic acids is 4. The molecule has 0 aliphatic carbocycles. The van der Waals surface area contributed by atoms with Gasteiger partial charge >= 0.3 is 0 Å². The third-order valence-corrected chi connectivity index (χ3v) is 5.87. The number of benzene rings is 2. The Hall–Kier alpha value is -3.72. The van der Waals surface area contributed by atoms with Crippen molar-refractivity contribution in [1.29, 1.82) is 0 Å². The van der Waals surface area contributed by atoms with E-state index in [1.807, 2.05) is 0 Å². The zero-order valence-corrected chi connectivity index (χ0v) is 18.1. The molecule has 9 nitrogen and oxygen atoms in total. The van der Waals surface area contributed by atoms with Gasteiger partial charge in [0.2, 0.25) is 17.7 Å². The molecule has 3 aliphatic heterocycles. The summed E-state index contributed by atoms with van der Waals surface area (Å²) in [5.74, 6) is -1.88. The molecular weight excluding hydrogens is 438 g/mol. The number of imide groups is 1. The molecule has 0 saturated carbocycles. The highest BCUT2D eigenvalue weighted by Crippen LogP contribution is 2.34. The summed E-state index contributed by atoms with van der Waals surface area (Å²) in [5, 5.41) is 2.23. The third-order valence-electron chi connectivity index (χ3n) is 5.87. The SMILES string of the molecule is [2H]c1cc(C([2H])([2H])N2CCOCC2=O)ccc1C([2H])([2H])Oc1cccc2c1CN(C1CCC(=O)NC1=O)C2=O. The normalized spacial score (nSPS) is 23.4. The number of nitrogens with one attached hydrogen (secondary N) is 1. The van der Waals surface area contributed by atoms with Gasteiger partial charge in [0.1, 0.15) is 25.0 Å². The van der Waals surface area contributed by atoms with Crippen molar-refractivity contribution in [2.24, 2.45) is 0 Å². The molecule has 3 heterocycles. The Bertz CT molecular complexity index is 1380.